The van der Waals surface area contributed by atoms with E-state index < -0.39 is 12.1 Å². The van der Waals surface area contributed by atoms with Crippen LogP contribution in [0.5, 0.6) is 5.75 Å². The molecule has 1 heterocycles. The van der Waals surface area contributed by atoms with Crippen LogP contribution in [0.15, 0.2) is 103 Å². The van der Waals surface area contributed by atoms with Gasteiger partial charge >= 0.3 is 17.9 Å². The number of fused-ring (bicyclic) bond motifs is 4. The fraction of sp³-hybridized carbons (Fsp3) is 0.312. The number of allylic oxidation sites excluding steroid dienone is 2. The summed E-state index contributed by atoms with van der Waals surface area (Å²) < 4.78 is 43.1. The molecule has 0 fully saturated rings. The number of ketones is 1. The number of esters is 1. The van der Waals surface area contributed by atoms with Crippen molar-refractivity contribution in [2.75, 3.05) is 0 Å². The number of aromatic nitrogens is 1. The molecule has 6 rings (SSSR count). The van der Waals surface area contributed by atoms with Gasteiger partial charge in [-0.3, -0.25) is 4.79 Å². The molecule has 1 radical (unpaired) electrons. The third-order valence-corrected chi connectivity index (χ3v) is 11.4. The number of rotatable bonds is 10. The Morgan fingerprint density at radius 2 is 1.42 bits per heavy atom. The average molecular weight is 954 g/mol. The quantitative estimate of drug-likeness (QED) is 0.0282. The number of carbonyl (C=O) groups excluding carboxylic acids is 2. The fourth-order valence-electron chi connectivity index (χ4n) is 6.87. The Balaban J connectivity index is 0.000000341. The van der Waals surface area contributed by atoms with Crippen molar-refractivity contribution in [1.29, 1.82) is 0 Å². The molecule has 57 heavy (non-hydrogen) atoms. The smallest absolute Gasteiger partial charge is 0.491 e. The molecule has 9 heteroatoms. The van der Waals surface area contributed by atoms with Gasteiger partial charge in [-0.25, -0.2) is 4.79 Å². The minimum Gasteiger partial charge on any atom is -0.511 e. The van der Waals surface area contributed by atoms with Gasteiger partial charge in [-0.05, 0) is 94.6 Å². The van der Waals surface area contributed by atoms with Gasteiger partial charge in [0, 0.05) is 37.1 Å². The van der Waals surface area contributed by atoms with Crippen molar-refractivity contribution < 1.29 is 52.7 Å². The van der Waals surface area contributed by atoms with Gasteiger partial charge in [0.1, 0.15) is 11.5 Å². The number of pyridine rings is 1. The van der Waals surface area contributed by atoms with Crippen molar-refractivity contribution in [3.05, 3.63) is 120 Å². The van der Waals surface area contributed by atoms with E-state index in [4.69, 9.17) is 4.74 Å². The Bertz CT molecular complexity index is 2430. The minimum atomic E-state index is -5.08. The number of ether oxygens (including phenoxy) is 1. The molecule has 5 aromatic carbocycles. The van der Waals surface area contributed by atoms with Crippen molar-refractivity contribution in [2.24, 2.45) is 10.8 Å². The molecule has 6 aromatic rings. The number of hydrogen-bond donors (Lipinski definition) is 1. The second-order valence-corrected chi connectivity index (χ2v) is 15.0. The second-order valence-electron chi connectivity index (χ2n) is 15.0. The molecule has 0 aliphatic carbocycles. The van der Waals surface area contributed by atoms with E-state index in [1.54, 1.807) is 36.4 Å². The van der Waals surface area contributed by atoms with Crippen LogP contribution in [0, 0.1) is 30.7 Å². The molecule has 0 amide bonds. The van der Waals surface area contributed by atoms with E-state index in [0.29, 0.717) is 22.3 Å². The van der Waals surface area contributed by atoms with Gasteiger partial charge in [0.2, 0.25) is 0 Å². The Morgan fingerprint density at radius 3 is 2.04 bits per heavy atom. The summed E-state index contributed by atoms with van der Waals surface area (Å²) in [7, 11) is 0. The van der Waals surface area contributed by atoms with Gasteiger partial charge in [0.05, 0.1) is 11.5 Å². The molecule has 1 aromatic heterocycles. The van der Waals surface area contributed by atoms with Crippen LogP contribution in [-0.4, -0.2) is 32.8 Å². The van der Waals surface area contributed by atoms with E-state index in [-0.39, 0.29) is 36.7 Å². The summed E-state index contributed by atoms with van der Waals surface area (Å²) >= 11 is 0. The summed E-state index contributed by atoms with van der Waals surface area (Å²) in [6, 6.07) is 29.8. The molecular formula is C48H50F3IrNO4. The SMILES string of the molecule is CCC(C)(CC)C(=[OH+])/C=C(\O)C(C)(CC)CC.Cc1[c-]c(-c2nccc3c2ccc2cc(-c4ccc(OC(=O)C(F)(F)F)c5ccccc45)ccc23)cc(C)c1.[Ir]. The van der Waals surface area contributed by atoms with Crippen molar-refractivity contribution in [2.45, 2.75) is 87.2 Å². The number of aliphatic hydroxyl groups is 1. The zero-order valence-corrected chi connectivity index (χ0v) is 36.1. The largest absolute Gasteiger partial charge is 0.511 e. The summed E-state index contributed by atoms with van der Waals surface area (Å²) in [5.41, 5.74) is 5.29. The van der Waals surface area contributed by atoms with Gasteiger partial charge in [-0.1, -0.05) is 103 Å². The van der Waals surface area contributed by atoms with Crippen molar-refractivity contribution >= 4 is 44.1 Å². The number of carbonyl (C=O) groups is 1. The first-order chi connectivity index (χ1) is 26.5. The summed E-state index contributed by atoms with van der Waals surface area (Å²) in [5, 5.41) is 15.4. The molecule has 0 aliphatic heterocycles. The topological polar surface area (TPSA) is 80.8 Å². The molecule has 5 nitrogen and oxygen atoms in total. The number of alkyl halides is 3. The van der Waals surface area contributed by atoms with E-state index in [9.17, 15) is 27.9 Å². The monoisotopic (exact) mass is 954 g/mol. The van der Waals surface area contributed by atoms with Gasteiger partial charge in [0.25, 0.3) is 0 Å². The molecule has 0 bridgehead atoms. The number of nitrogens with zero attached hydrogens (tertiary/aromatic N) is 1. The van der Waals surface area contributed by atoms with Crippen molar-refractivity contribution in [3.63, 3.8) is 0 Å². The van der Waals surface area contributed by atoms with Crippen LogP contribution in [0.2, 0.25) is 0 Å². The van der Waals surface area contributed by atoms with E-state index in [1.165, 1.54) is 6.07 Å². The zero-order valence-electron chi connectivity index (χ0n) is 33.7. The molecular weight excluding hydrogens is 904 g/mol. The maximum Gasteiger partial charge on any atom is 0.491 e. The molecule has 0 atom stereocenters. The van der Waals surface area contributed by atoms with Crippen LogP contribution >= 0.6 is 0 Å². The molecule has 0 unspecified atom stereocenters. The van der Waals surface area contributed by atoms with Gasteiger partial charge in [0.15, 0.2) is 0 Å². The number of halogens is 3. The molecule has 0 aliphatic rings. The summed E-state index contributed by atoms with van der Waals surface area (Å²) in [5.74, 6) is -1.78. The van der Waals surface area contributed by atoms with Gasteiger partial charge < -0.3 is 14.8 Å². The van der Waals surface area contributed by atoms with Gasteiger partial charge in [-0.2, -0.15) is 13.2 Å². The number of hydrogen-bond acceptors (Lipinski definition) is 4. The van der Waals surface area contributed by atoms with E-state index >= 15 is 0 Å². The first kappa shape index (κ1) is 44.9. The molecule has 301 valence electrons. The first-order valence-electron chi connectivity index (χ1n) is 19.1. The van der Waals surface area contributed by atoms with Crippen molar-refractivity contribution in [1.82, 2.24) is 4.98 Å². The van der Waals surface area contributed by atoms with Crippen LogP contribution in [0.3, 0.4) is 0 Å². The number of benzene rings is 5. The summed E-state index contributed by atoms with van der Waals surface area (Å²) in [4.78, 5) is 26.3. The van der Waals surface area contributed by atoms with Crippen LogP contribution < -0.4 is 4.74 Å². The maximum atomic E-state index is 12.8. The van der Waals surface area contributed by atoms with Gasteiger partial charge in [-0.15, -0.1) is 34.9 Å². The normalized spacial score (nSPS) is 12.2. The first-order valence-corrected chi connectivity index (χ1v) is 19.1. The number of aliphatic hydroxyl groups excluding tert-OH is 1. The Kier molecular flexibility index (Phi) is 14.3. The van der Waals surface area contributed by atoms with E-state index in [2.05, 4.69) is 76.0 Å². The Hall–Kier alpha value is -4.85. The number of aryl methyl sites for hydroxylation is 2. The summed E-state index contributed by atoms with van der Waals surface area (Å²) in [6.45, 7) is 16.4. The molecule has 0 saturated heterocycles. The molecule has 0 saturated carbocycles. The Morgan fingerprint density at radius 1 is 0.789 bits per heavy atom. The predicted octanol–water partition coefficient (Wildman–Crippen LogP) is 13.4. The van der Waals surface area contributed by atoms with Crippen LogP contribution in [0.4, 0.5) is 13.2 Å². The van der Waals surface area contributed by atoms with Crippen LogP contribution in [0.25, 0.3) is 54.7 Å². The van der Waals surface area contributed by atoms with Crippen LogP contribution in [-0.2, 0) is 24.9 Å². The van der Waals surface area contributed by atoms with E-state index in [0.717, 1.165) is 80.7 Å². The van der Waals surface area contributed by atoms with Crippen molar-refractivity contribution in [3.8, 4) is 28.1 Å². The second kappa shape index (κ2) is 18.2. The Labute approximate surface area is 346 Å². The maximum absolute atomic E-state index is 12.8. The fourth-order valence-corrected chi connectivity index (χ4v) is 6.87. The predicted molar refractivity (Wildman–Crippen MR) is 223 cm³/mol. The third-order valence-electron chi connectivity index (χ3n) is 11.4. The minimum absolute atomic E-state index is 0. The molecule has 0 spiro atoms. The third kappa shape index (κ3) is 9.65. The molecule has 2 N–H and O–H groups in total. The summed E-state index contributed by atoms with van der Waals surface area (Å²) in [6.07, 6.45) is 1.78. The zero-order chi connectivity index (χ0) is 41.0. The average Bonchev–Trinajstić information content (AvgIpc) is 3.19. The van der Waals surface area contributed by atoms with E-state index in [1.807, 2.05) is 45.2 Å². The standard InChI is InChI=1S/C33H21F3NO2.C15H28O2.Ir/c1-19-15-20(2)17-23(16-19)31-29-10-8-22-18-21(7-9-24(22)27(29)13-14-37-31)25-11-12-30(39-32(38)33(34,35)36)28-6-4-3-5-26(25)28;1-7-14(5,8-2)12(16)11-13(17)15(6,9-3)10-4;/h3-16,18H,1-2H3;11,16H,7-10H2,1-6H3;/q-1;;/p+1/b;12-11-;. The van der Waals surface area contributed by atoms with Crippen LogP contribution in [0.1, 0.15) is 78.4 Å².